The monoisotopic (exact) mass is 453 g/mol. The second-order valence-corrected chi connectivity index (χ2v) is 7.66. The number of alkyl halides is 3. The van der Waals surface area contributed by atoms with E-state index in [4.69, 9.17) is 9.84 Å². The van der Waals surface area contributed by atoms with E-state index in [1.54, 1.807) is 25.1 Å². The maximum absolute atomic E-state index is 12.7. The van der Waals surface area contributed by atoms with Gasteiger partial charge in [-0.15, -0.1) is 16.9 Å². The largest absolute Gasteiger partial charge is 0.485 e. The minimum absolute atomic E-state index is 0.0399. The summed E-state index contributed by atoms with van der Waals surface area (Å²) in [7, 11) is 1.49. The molecule has 0 atom stereocenters. The van der Waals surface area contributed by atoms with Crippen LogP contribution in [0, 0.1) is 6.92 Å². The van der Waals surface area contributed by atoms with Crippen molar-refractivity contribution in [2.24, 2.45) is 7.05 Å². The van der Waals surface area contributed by atoms with Crippen molar-refractivity contribution in [2.75, 3.05) is 5.75 Å². The second-order valence-electron chi connectivity index (χ2n) is 6.61. The van der Waals surface area contributed by atoms with E-state index < -0.39 is 23.4 Å². The molecule has 3 rings (SSSR count). The number of hydrogen-bond acceptors (Lipinski definition) is 5. The van der Waals surface area contributed by atoms with Crippen LogP contribution < -0.4 is 10.4 Å². The van der Waals surface area contributed by atoms with E-state index in [9.17, 15) is 22.8 Å². The summed E-state index contributed by atoms with van der Waals surface area (Å²) in [4.78, 5) is 23.9. The Labute approximate surface area is 179 Å². The Bertz CT molecular complexity index is 1150. The summed E-state index contributed by atoms with van der Waals surface area (Å²) < 4.78 is 46.2. The normalized spacial score (nSPS) is 11.5. The number of carbonyl (C=O) groups is 1. The number of nitrogens with zero attached hydrogens (tertiary/aromatic N) is 3. The molecule has 0 saturated heterocycles. The lowest BCUT2D eigenvalue weighted by molar-refractivity contribution is -0.137. The van der Waals surface area contributed by atoms with Gasteiger partial charge in [0.15, 0.2) is 5.82 Å². The molecule has 7 nitrogen and oxygen atoms in total. The third-order valence-corrected chi connectivity index (χ3v) is 5.35. The Morgan fingerprint density at radius 2 is 1.87 bits per heavy atom. The molecule has 0 radical (unpaired) electrons. The van der Waals surface area contributed by atoms with Crippen molar-refractivity contribution in [3.05, 3.63) is 69.9 Å². The van der Waals surface area contributed by atoms with Gasteiger partial charge in [0.1, 0.15) is 12.4 Å². The number of hydrogen-bond donors (Lipinski definition) is 1. The summed E-state index contributed by atoms with van der Waals surface area (Å²) in [5.74, 6) is -0.138. The van der Waals surface area contributed by atoms with Gasteiger partial charge in [0.2, 0.25) is 0 Å². The van der Waals surface area contributed by atoms with Gasteiger partial charge in [-0.25, -0.2) is 4.79 Å². The molecular formula is C20H18F3N3O4S. The van der Waals surface area contributed by atoms with Crippen molar-refractivity contribution < 1.29 is 27.8 Å². The van der Waals surface area contributed by atoms with Crippen LogP contribution in [0.2, 0.25) is 0 Å². The van der Waals surface area contributed by atoms with Crippen LogP contribution in [0.25, 0.3) is 5.69 Å². The van der Waals surface area contributed by atoms with Gasteiger partial charge in [-0.3, -0.25) is 9.36 Å². The summed E-state index contributed by atoms with van der Waals surface area (Å²) >= 11 is 1.19. The predicted octanol–water partition coefficient (Wildman–Crippen LogP) is 3.65. The SMILES string of the molecule is Cc1cc(SCC(=O)O)ccc1OCc1nn(-c2ccc(C(F)(F)F)cc2)c(=O)n1C. The van der Waals surface area contributed by atoms with E-state index in [0.717, 1.165) is 27.3 Å². The summed E-state index contributed by atoms with van der Waals surface area (Å²) in [6.45, 7) is 1.77. The molecule has 3 aromatic rings. The molecule has 1 aromatic heterocycles. The van der Waals surface area contributed by atoms with E-state index in [-0.39, 0.29) is 23.9 Å². The maximum Gasteiger partial charge on any atom is 0.416 e. The topological polar surface area (TPSA) is 86.3 Å². The minimum Gasteiger partial charge on any atom is -0.485 e. The molecule has 0 aliphatic carbocycles. The van der Waals surface area contributed by atoms with Gasteiger partial charge in [0.05, 0.1) is 17.0 Å². The number of benzene rings is 2. The standard InChI is InChI=1S/C20H18F3N3O4S/c1-12-9-15(31-11-18(27)28)7-8-16(12)30-10-17-24-26(19(29)25(17)2)14-5-3-13(4-6-14)20(21,22)23/h3-9H,10-11H2,1-2H3,(H,27,28). The maximum atomic E-state index is 12.7. The zero-order chi connectivity index (χ0) is 22.8. The molecule has 1 heterocycles. The van der Waals surface area contributed by atoms with Crippen molar-refractivity contribution in [1.29, 1.82) is 0 Å². The van der Waals surface area contributed by atoms with Gasteiger partial charge in [0, 0.05) is 11.9 Å². The van der Waals surface area contributed by atoms with E-state index in [0.29, 0.717) is 5.75 Å². The Hall–Kier alpha value is -3.21. The van der Waals surface area contributed by atoms with Crippen molar-refractivity contribution in [2.45, 2.75) is 24.6 Å². The highest BCUT2D eigenvalue weighted by Crippen LogP contribution is 2.29. The van der Waals surface area contributed by atoms with E-state index >= 15 is 0 Å². The first kappa shape index (κ1) is 22.5. The third kappa shape index (κ3) is 5.29. The molecule has 0 bridgehead atoms. The molecule has 31 heavy (non-hydrogen) atoms. The fraction of sp³-hybridized carbons (Fsp3) is 0.250. The first-order valence-electron chi connectivity index (χ1n) is 8.97. The number of carboxylic acid groups (broad SMARTS) is 1. The molecule has 2 aromatic carbocycles. The highest BCUT2D eigenvalue weighted by Gasteiger charge is 2.30. The van der Waals surface area contributed by atoms with E-state index in [1.165, 1.54) is 35.5 Å². The molecule has 0 fully saturated rings. The second kappa shape index (κ2) is 8.88. The van der Waals surface area contributed by atoms with Crippen LogP contribution in [-0.4, -0.2) is 31.2 Å². The molecule has 11 heteroatoms. The minimum atomic E-state index is -4.47. The average Bonchev–Trinajstić information content (AvgIpc) is 2.99. The van der Waals surface area contributed by atoms with E-state index in [2.05, 4.69) is 5.10 Å². The van der Waals surface area contributed by atoms with Crippen LogP contribution >= 0.6 is 11.8 Å². The summed E-state index contributed by atoms with van der Waals surface area (Å²) in [5, 5.41) is 12.9. The van der Waals surface area contributed by atoms with Gasteiger partial charge in [0.25, 0.3) is 0 Å². The molecular weight excluding hydrogens is 435 g/mol. The Morgan fingerprint density at radius 3 is 2.45 bits per heavy atom. The average molecular weight is 453 g/mol. The van der Waals surface area contributed by atoms with Gasteiger partial charge in [-0.05, 0) is 55.0 Å². The van der Waals surface area contributed by atoms with Crippen LogP contribution in [0.3, 0.4) is 0 Å². The van der Waals surface area contributed by atoms with Crippen molar-refractivity contribution >= 4 is 17.7 Å². The zero-order valence-corrected chi connectivity index (χ0v) is 17.3. The highest BCUT2D eigenvalue weighted by atomic mass is 32.2. The lowest BCUT2D eigenvalue weighted by atomic mass is 10.2. The molecule has 0 spiro atoms. The Morgan fingerprint density at radius 1 is 1.19 bits per heavy atom. The van der Waals surface area contributed by atoms with Gasteiger partial charge in [-0.2, -0.15) is 17.9 Å². The number of ether oxygens (including phenoxy) is 1. The first-order chi connectivity index (χ1) is 14.6. The lowest BCUT2D eigenvalue weighted by Gasteiger charge is -2.10. The number of thioether (sulfide) groups is 1. The molecule has 0 aliphatic heterocycles. The number of aliphatic carboxylic acids is 1. The number of aromatic nitrogens is 3. The van der Waals surface area contributed by atoms with Gasteiger partial charge < -0.3 is 9.84 Å². The van der Waals surface area contributed by atoms with Gasteiger partial charge in [-0.1, -0.05) is 0 Å². The van der Waals surface area contributed by atoms with Crippen LogP contribution in [0.5, 0.6) is 5.75 Å². The molecule has 0 unspecified atom stereocenters. The lowest BCUT2D eigenvalue weighted by Crippen LogP contribution is -2.22. The van der Waals surface area contributed by atoms with Crippen molar-refractivity contribution in [1.82, 2.24) is 14.3 Å². The quantitative estimate of drug-likeness (QED) is 0.550. The van der Waals surface area contributed by atoms with Crippen LogP contribution in [0.4, 0.5) is 13.2 Å². The molecule has 0 aliphatic rings. The molecule has 1 N–H and O–H groups in total. The third-order valence-electron chi connectivity index (χ3n) is 4.38. The number of aryl methyl sites for hydroxylation is 1. The molecule has 0 saturated carbocycles. The van der Waals surface area contributed by atoms with Crippen LogP contribution in [0.1, 0.15) is 17.0 Å². The van der Waals surface area contributed by atoms with Crippen LogP contribution in [-0.2, 0) is 24.6 Å². The fourth-order valence-electron chi connectivity index (χ4n) is 2.72. The fourth-order valence-corrected chi connectivity index (χ4v) is 3.44. The van der Waals surface area contributed by atoms with Crippen molar-refractivity contribution in [3.63, 3.8) is 0 Å². The Balaban J connectivity index is 1.75. The first-order valence-corrected chi connectivity index (χ1v) is 9.95. The molecule has 0 amide bonds. The Kier molecular flexibility index (Phi) is 6.44. The van der Waals surface area contributed by atoms with Gasteiger partial charge >= 0.3 is 17.8 Å². The van der Waals surface area contributed by atoms with Crippen molar-refractivity contribution in [3.8, 4) is 11.4 Å². The summed E-state index contributed by atoms with van der Waals surface area (Å²) in [5.41, 5.74) is -0.349. The smallest absolute Gasteiger partial charge is 0.416 e. The highest BCUT2D eigenvalue weighted by molar-refractivity contribution is 8.00. The number of carboxylic acids is 1. The number of rotatable bonds is 7. The summed E-state index contributed by atoms with van der Waals surface area (Å²) in [6, 6.07) is 9.36. The van der Waals surface area contributed by atoms with Crippen LogP contribution in [0.15, 0.2) is 52.2 Å². The van der Waals surface area contributed by atoms with E-state index in [1.807, 2.05) is 0 Å². The molecule has 164 valence electrons. The summed E-state index contributed by atoms with van der Waals surface area (Å²) in [6.07, 6.45) is -4.47. The number of halogens is 3. The predicted molar refractivity (Wildman–Crippen MR) is 108 cm³/mol. The zero-order valence-electron chi connectivity index (χ0n) is 16.5.